The molecule has 19 heavy (non-hydrogen) atoms. The first-order valence-corrected chi connectivity index (χ1v) is 6.07. The van der Waals surface area contributed by atoms with E-state index >= 15 is 0 Å². The molecular weight excluding hydrogens is 250 g/mol. The first kappa shape index (κ1) is 15.1. The topological polar surface area (TPSA) is 116 Å². The fourth-order valence-electron chi connectivity index (χ4n) is 1.50. The van der Waals surface area contributed by atoms with Crippen molar-refractivity contribution in [2.24, 2.45) is 5.73 Å². The van der Waals surface area contributed by atoms with Gasteiger partial charge < -0.3 is 11.1 Å². The molecule has 0 atom stereocenters. The van der Waals surface area contributed by atoms with Crippen LogP contribution in [0, 0.1) is 10.1 Å². The van der Waals surface area contributed by atoms with Gasteiger partial charge in [0, 0.05) is 6.54 Å². The van der Waals surface area contributed by atoms with E-state index < -0.39 is 10.5 Å². The number of amides is 1. The molecule has 0 bridgehead atoms. The Morgan fingerprint density at radius 2 is 2.26 bits per heavy atom. The summed E-state index contributed by atoms with van der Waals surface area (Å²) in [5, 5.41) is 17.2. The molecule has 0 aromatic carbocycles. The summed E-state index contributed by atoms with van der Waals surface area (Å²) < 4.78 is 1.30. The van der Waals surface area contributed by atoms with Gasteiger partial charge in [-0.15, -0.1) is 0 Å². The van der Waals surface area contributed by atoms with Crippen molar-refractivity contribution in [2.75, 3.05) is 13.1 Å². The van der Waals surface area contributed by atoms with Crippen molar-refractivity contribution in [3.05, 3.63) is 22.5 Å². The van der Waals surface area contributed by atoms with Crippen LogP contribution in [-0.2, 0) is 10.3 Å². The minimum absolute atomic E-state index is 0.135. The third-order valence-corrected chi connectivity index (χ3v) is 2.82. The summed E-state index contributed by atoms with van der Waals surface area (Å²) in [6, 6.07) is 0. The number of carbonyl (C=O) groups excluding carboxylic acids is 1. The fraction of sp³-hybridized carbons (Fsp3) is 0.636. The number of aromatic nitrogens is 2. The molecule has 1 heterocycles. The minimum Gasteiger partial charge on any atom is -0.354 e. The van der Waals surface area contributed by atoms with Gasteiger partial charge in [-0.2, -0.15) is 5.10 Å². The Kier molecular flexibility index (Phi) is 4.99. The summed E-state index contributed by atoms with van der Waals surface area (Å²) in [5.41, 5.74) is 4.25. The Labute approximate surface area is 111 Å². The Morgan fingerprint density at radius 3 is 2.79 bits per heavy atom. The third-order valence-electron chi connectivity index (χ3n) is 2.82. The van der Waals surface area contributed by atoms with Gasteiger partial charge in [-0.05, 0) is 33.2 Å². The van der Waals surface area contributed by atoms with E-state index in [1.165, 1.54) is 10.9 Å². The average Bonchev–Trinajstić information content (AvgIpc) is 2.84. The molecule has 1 aromatic rings. The lowest BCUT2D eigenvalue weighted by atomic mass is 10.1. The highest BCUT2D eigenvalue weighted by Gasteiger charge is 2.31. The molecule has 8 nitrogen and oxygen atoms in total. The summed E-state index contributed by atoms with van der Waals surface area (Å²) in [6.07, 6.45) is 4.02. The first-order chi connectivity index (χ1) is 8.89. The van der Waals surface area contributed by atoms with Crippen LogP contribution in [0.4, 0.5) is 5.69 Å². The molecule has 1 amide bonds. The van der Waals surface area contributed by atoms with Gasteiger partial charge in [-0.1, -0.05) is 0 Å². The van der Waals surface area contributed by atoms with Crippen molar-refractivity contribution in [2.45, 2.75) is 32.2 Å². The van der Waals surface area contributed by atoms with Crippen LogP contribution in [0.1, 0.15) is 26.7 Å². The van der Waals surface area contributed by atoms with Crippen LogP contribution in [0.3, 0.4) is 0 Å². The van der Waals surface area contributed by atoms with Gasteiger partial charge in [-0.3, -0.25) is 19.6 Å². The first-order valence-electron chi connectivity index (χ1n) is 6.07. The lowest BCUT2D eigenvalue weighted by Crippen LogP contribution is -2.45. The zero-order valence-corrected chi connectivity index (χ0v) is 11.1. The second kappa shape index (κ2) is 6.28. The maximum Gasteiger partial charge on any atom is 0.307 e. The Bertz CT molecular complexity index is 455. The van der Waals surface area contributed by atoms with Gasteiger partial charge in [0.05, 0.1) is 4.92 Å². The molecule has 0 spiro atoms. The van der Waals surface area contributed by atoms with Gasteiger partial charge in [0.1, 0.15) is 17.9 Å². The maximum atomic E-state index is 12.0. The lowest BCUT2D eigenvalue weighted by molar-refractivity contribution is -0.385. The molecule has 0 unspecified atom stereocenters. The number of nitro groups is 1. The van der Waals surface area contributed by atoms with Crippen LogP contribution in [0.15, 0.2) is 12.4 Å². The van der Waals surface area contributed by atoms with E-state index in [0.717, 1.165) is 19.0 Å². The predicted octanol–water partition coefficient (Wildman–Crippen LogP) is 0.382. The van der Waals surface area contributed by atoms with E-state index in [4.69, 9.17) is 5.73 Å². The van der Waals surface area contributed by atoms with Crippen LogP contribution in [0.25, 0.3) is 0 Å². The molecule has 1 aromatic heterocycles. The minimum atomic E-state index is -0.975. The maximum absolute atomic E-state index is 12.0. The molecule has 0 fully saturated rings. The van der Waals surface area contributed by atoms with Crippen LogP contribution >= 0.6 is 0 Å². The molecule has 106 valence electrons. The van der Waals surface area contributed by atoms with Crippen LogP contribution in [-0.4, -0.2) is 33.7 Å². The van der Waals surface area contributed by atoms with Crippen molar-refractivity contribution < 1.29 is 9.72 Å². The number of unbranched alkanes of at least 4 members (excludes halogenated alkanes) is 1. The molecule has 0 aliphatic rings. The quantitative estimate of drug-likeness (QED) is 0.421. The fourth-order valence-corrected chi connectivity index (χ4v) is 1.50. The Morgan fingerprint density at radius 1 is 1.58 bits per heavy atom. The molecule has 0 aliphatic heterocycles. The number of hydrogen-bond donors (Lipinski definition) is 2. The number of nitrogens with one attached hydrogen (secondary N) is 1. The van der Waals surface area contributed by atoms with Gasteiger partial charge in [0.2, 0.25) is 5.91 Å². The smallest absolute Gasteiger partial charge is 0.307 e. The molecule has 0 saturated heterocycles. The van der Waals surface area contributed by atoms with E-state index in [0.29, 0.717) is 13.1 Å². The van der Waals surface area contributed by atoms with Crippen molar-refractivity contribution in [3.63, 3.8) is 0 Å². The molecule has 0 saturated carbocycles. The van der Waals surface area contributed by atoms with E-state index in [1.807, 2.05) is 0 Å². The zero-order valence-electron chi connectivity index (χ0n) is 11.1. The number of rotatable bonds is 7. The van der Waals surface area contributed by atoms with E-state index in [9.17, 15) is 14.9 Å². The Hall–Kier alpha value is -1.96. The number of nitrogens with two attached hydrogens (primary N) is 1. The molecule has 0 radical (unpaired) electrons. The van der Waals surface area contributed by atoms with E-state index in [-0.39, 0.29) is 11.6 Å². The Balaban J connectivity index is 2.67. The summed E-state index contributed by atoms with van der Waals surface area (Å²) in [6.45, 7) is 4.43. The largest absolute Gasteiger partial charge is 0.354 e. The SMILES string of the molecule is CC(C)(C(=O)NCCCCN)n1cc([N+](=O)[O-])cn1. The van der Waals surface area contributed by atoms with Crippen LogP contribution in [0.5, 0.6) is 0 Å². The summed E-state index contributed by atoms with van der Waals surface area (Å²) in [4.78, 5) is 22.1. The summed E-state index contributed by atoms with van der Waals surface area (Å²) in [7, 11) is 0. The van der Waals surface area contributed by atoms with Gasteiger partial charge in [0.25, 0.3) is 0 Å². The molecule has 3 N–H and O–H groups in total. The lowest BCUT2D eigenvalue weighted by Gasteiger charge is -2.23. The second-order valence-electron chi connectivity index (χ2n) is 4.71. The zero-order chi connectivity index (χ0) is 14.5. The van der Waals surface area contributed by atoms with Crippen molar-refractivity contribution >= 4 is 11.6 Å². The van der Waals surface area contributed by atoms with E-state index in [1.54, 1.807) is 13.8 Å². The molecule has 8 heteroatoms. The highest BCUT2D eigenvalue weighted by Crippen LogP contribution is 2.18. The molecular formula is C11H19N5O3. The third kappa shape index (κ3) is 3.75. The van der Waals surface area contributed by atoms with Gasteiger partial charge in [-0.25, -0.2) is 0 Å². The van der Waals surface area contributed by atoms with E-state index in [2.05, 4.69) is 10.4 Å². The second-order valence-corrected chi connectivity index (χ2v) is 4.71. The predicted molar refractivity (Wildman–Crippen MR) is 69.5 cm³/mol. The standard InChI is InChI=1S/C11H19N5O3/c1-11(2,10(17)13-6-4-3-5-12)15-8-9(7-14-15)16(18)19/h7-8H,3-6,12H2,1-2H3,(H,13,17). The van der Waals surface area contributed by atoms with Crippen molar-refractivity contribution in [1.82, 2.24) is 15.1 Å². The van der Waals surface area contributed by atoms with Crippen LogP contribution < -0.4 is 11.1 Å². The molecule has 0 aliphatic carbocycles. The summed E-state index contributed by atoms with van der Waals surface area (Å²) in [5.74, 6) is -0.234. The monoisotopic (exact) mass is 269 g/mol. The number of hydrogen-bond acceptors (Lipinski definition) is 5. The normalized spacial score (nSPS) is 11.3. The van der Waals surface area contributed by atoms with Crippen molar-refractivity contribution in [3.8, 4) is 0 Å². The summed E-state index contributed by atoms with van der Waals surface area (Å²) >= 11 is 0. The number of nitrogens with zero attached hydrogens (tertiary/aromatic N) is 3. The van der Waals surface area contributed by atoms with Crippen LogP contribution in [0.2, 0.25) is 0 Å². The van der Waals surface area contributed by atoms with Gasteiger partial charge in [0.15, 0.2) is 0 Å². The van der Waals surface area contributed by atoms with Gasteiger partial charge >= 0.3 is 5.69 Å². The highest BCUT2D eigenvalue weighted by molar-refractivity contribution is 5.83. The highest BCUT2D eigenvalue weighted by atomic mass is 16.6. The average molecular weight is 269 g/mol. The molecule has 1 rings (SSSR count). The van der Waals surface area contributed by atoms with Crippen molar-refractivity contribution in [1.29, 1.82) is 0 Å². The number of carbonyl (C=O) groups is 1.